The number of carboxylic acids is 1. The summed E-state index contributed by atoms with van der Waals surface area (Å²) in [5.74, 6) is -0.208. The van der Waals surface area contributed by atoms with Crippen molar-refractivity contribution >= 4 is 16.0 Å². The number of sulfonamides is 1. The predicted molar refractivity (Wildman–Crippen MR) is 83.5 cm³/mol. The highest BCUT2D eigenvalue weighted by Gasteiger charge is 2.25. The molecule has 0 atom stereocenters. The van der Waals surface area contributed by atoms with Crippen molar-refractivity contribution < 1.29 is 23.1 Å². The van der Waals surface area contributed by atoms with Crippen LogP contribution in [-0.4, -0.2) is 43.5 Å². The summed E-state index contributed by atoms with van der Waals surface area (Å²) in [6, 6.07) is 6.05. The molecule has 1 N–H and O–H groups in total. The van der Waals surface area contributed by atoms with Crippen LogP contribution in [-0.2, 0) is 14.8 Å². The average molecular weight is 329 g/mol. The van der Waals surface area contributed by atoms with Crippen LogP contribution >= 0.6 is 0 Å². The maximum Gasteiger partial charge on any atom is 0.318 e. The lowest BCUT2D eigenvalue weighted by Crippen LogP contribution is -2.36. The fraction of sp³-hybridized carbons (Fsp3) is 0.533. The van der Waals surface area contributed by atoms with Crippen LogP contribution in [0.15, 0.2) is 29.2 Å². The Hall–Kier alpha value is -1.60. The van der Waals surface area contributed by atoms with Gasteiger partial charge in [-0.1, -0.05) is 20.8 Å². The largest absolute Gasteiger partial charge is 0.493 e. The molecular formula is C15H23NO5S. The Morgan fingerprint density at radius 2 is 1.86 bits per heavy atom. The highest BCUT2D eigenvalue weighted by atomic mass is 32.2. The zero-order valence-electron chi connectivity index (χ0n) is 13.2. The maximum absolute atomic E-state index is 12.5. The average Bonchev–Trinajstić information content (AvgIpc) is 2.44. The molecule has 0 saturated heterocycles. The fourth-order valence-corrected chi connectivity index (χ4v) is 3.29. The quantitative estimate of drug-likeness (QED) is 0.751. The first kappa shape index (κ1) is 18.4. The monoisotopic (exact) mass is 329 g/mol. The number of rotatable bonds is 9. The van der Waals surface area contributed by atoms with Crippen molar-refractivity contribution in [1.82, 2.24) is 4.31 Å². The van der Waals surface area contributed by atoms with Gasteiger partial charge >= 0.3 is 5.97 Å². The van der Waals surface area contributed by atoms with Crippen molar-refractivity contribution in [3.63, 3.8) is 0 Å². The minimum absolute atomic E-state index is 0.0686. The molecule has 0 bridgehead atoms. The number of nitrogens with zero attached hydrogens (tertiary/aromatic N) is 1. The third-order valence-electron chi connectivity index (χ3n) is 2.83. The lowest BCUT2D eigenvalue weighted by atomic mass is 10.2. The molecule has 1 aromatic carbocycles. The van der Waals surface area contributed by atoms with Gasteiger partial charge in [0.05, 0.1) is 11.5 Å². The summed E-state index contributed by atoms with van der Waals surface area (Å²) in [4.78, 5) is 10.9. The molecule has 0 spiro atoms. The van der Waals surface area contributed by atoms with Crippen molar-refractivity contribution in [2.45, 2.75) is 32.1 Å². The van der Waals surface area contributed by atoms with Gasteiger partial charge in [-0.05, 0) is 36.6 Å². The lowest BCUT2D eigenvalue weighted by Gasteiger charge is -2.19. The Bertz CT molecular complexity index is 580. The molecule has 0 heterocycles. The first-order chi connectivity index (χ1) is 10.3. The number of carbonyl (C=O) groups is 1. The standard InChI is InChI=1S/C15H23NO5S/c1-4-9-16(10-15(17)18)22(19,20)14-7-5-13(6-8-14)21-11-12(2)3/h5-8,12H,4,9-11H2,1-3H3,(H,17,18). The molecule has 0 radical (unpaired) electrons. The van der Waals surface area contributed by atoms with Crippen LogP contribution in [0.4, 0.5) is 0 Å². The third-order valence-corrected chi connectivity index (χ3v) is 4.69. The molecule has 1 aromatic rings. The van der Waals surface area contributed by atoms with E-state index < -0.39 is 22.5 Å². The predicted octanol–water partition coefficient (Wildman–Crippen LogP) is 2.21. The topological polar surface area (TPSA) is 83.9 Å². The molecule has 7 heteroatoms. The Kier molecular flexibility index (Phi) is 6.83. The normalized spacial score (nSPS) is 11.9. The second kappa shape index (κ2) is 8.14. The molecule has 0 aliphatic rings. The second-order valence-electron chi connectivity index (χ2n) is 5.41. The van der Waals surface area contributed by atoms with Gasteiger partial charge in [-0.25, -0.2) is 8.42 Å². The number of aliphatic carboxylic acids is 1. The zero-order chi connectivity index (χ0) is 16.8. The zero-order valence-corrected chi connectivity index (χ0v) is 14.0. The maximum atomic E-state index is 12.5. The Balaban J connectivity index is 2.93. The van der Waals surface area contributed by atoms with E-state index in [0.29, 0.717) is 24.7 Å². The molecule has 1 rings (SSSR count). The van der Waals surface area contributed by atoms with Crippen molar-refractivity contribution in [3.05, 3.63) is 24.3 Å². The third kappa shape index (κ3) is 5.31. The summed E-state index contributed by atoms with van der Waals surface area (Å²) in [6.07, 6.45) is 0.544. The van der Waals surface area contributed by atoms with E-state index in [-0.39, 0.29) is 11.4 Å². The first-order valence-electron chi connectivity index (χ1n) is 7.22. The van der Waals surface area contributed by atoms with Gasteiger partial charge in [-0.2, -0.15) is 4.31 Å². The van der Waals surface area contributed by atoms with Gasteiger partial charge in [0.15, 0.2) is 0 Å². The number of hydrogen-bond acceptors (Lipinski definition) is 4. The van der Waals surface area contributed by atoms with Crippen LogP contribution in [0.3, 0.4) is 0 Å². The van der Waals surface area contributed by atoms with Crippen LogP contribution in [0.2, 0.25) is 0 Å². The van der Waals surface area contributed by atoms with E-state index in [9.17, 15) is 13.2 Å². The van der Waals surface area contributed by atoms with Crippen molar-refractivity contribution in [2.75, 3.05) is 19.7 Å². The fourth-order valence-electron chi connectivity index (χ4n) is 1.80. The van der Waals surface area contributed by atoms with Gasteiger partial charge in [0, 0.05) is 6.54 Å². The number of hydrogen-bond donors (Lipinski definition) is 1. The summed E-state index contributed by atoms with van der Waals surface area (Å²) in [5.41, 5.74) is 0. The molecule has 0 unspecified atom stereocenters. The van der Waals surface area contributed by atoms with E-state index in [4.69, 9.17) is 9.84 Å². The molecule has 22 heavy (non-hydrogen) atoms. The van der Waals surface area contributed by atoms with E-state index in [0.717, 1.165) is 4.31 Å². The summed E-state index contributed by atoms with van der Waals surface area (Å²) >= 11 is 0. The number of benzene rings is 1. The molecular weight excluding hydrogens is 306 g/mol. The van der Waals surface area contributed by atoms with Crippen molar-refractivity contribution in [1.29, 1.82) is 0 Å². The highest BCUT2D eigenvalue weighted by Crippen LogP contribution is 2.20. The highest BCUT2D eigenvalue weighted by molar-refractivity contribution is 7.89. The summed E-state index contributed by atoms with van der Waals surface area (Å²) < 4.78 is 31.4. The van der Waals surface area contributed by atoms with Crippen LogP contribution in [0.1, 0.15) is 27.2 Å². The molecule has 6 nitrogen and oxygen atoms in total. The van der Waals surface area contributed by atoms with Gasteiger partial charge < -0.3 is 9.84 Å². The molecule has 0 saturated carbocycles. The summed E-state index contributed by atoms with van der Waals surface area (Å²) in [5, 5.41) is 8.86. The van der Waals surface area contributed by atoms with Gasteiger partial charge in [-0.15, -0.1) is 0 Å². The molecule has 0 aliphatic carbocycles. The minimum atomic E-state index is -3.81. The number of carboxylic acid groups (broad SMARTS) is 1. The van der Waals surface area contributed by atoms with Crippen molar-refractivity contribution in [2.24, 2.45) is 5.92 Å². The van der Waals surface area contributed by atoms with Gasteiger partial charge in [0.25, 0.3) is 0 Å². The van der Waals surface area contributed by atoms with E-state index in [1.807, 2.05) is 13.8 Å². The molecule has 0 aliphatic heterocycles. The lowest BCUT2D eigenvalue weighted by molar-refractivity contribution is -0.137. The molecule has 0 amide bonds. The minimum Gasteiger partial charge on any atom is -0.493 e. The molecule has 0 aromatic heterocycles. The van der Waals surface area contributed by atoms with E-state index in [1.54, 1.807) is 19.1 Å². The molecule has 0 fully saturated rings. The Morgan fingerprint density at radius 3 is 2.32 bits per heavy atom. The second-order valence-corrected chi connectivity index (χ2v) is 7.35. The first-order valence-corrected chi connectivity index (χ1v) is 8.66. The van der Waals surface area contributed by atoms with E-state index >= 15 is 0 Å². The SMILES string of the molecule is CCCN(CC(=O)O)S(=O)(=O)c1ccc(OCC(C)C)cc1. The number of ether oxygens (including phenoxy) is 1. The van der Waals surface area contributed by atoms with E-state index in [1.165, 1.54) is 12.1 Å². The smallest absolute Gasteiger partial charge is 0.318 e. The Labute approximate surface area is 131 Å². The van der Waals surface area contributed by atoms with Crippen LogP contribution < -0.4 is 4.74 Å². The van der Waals surface area contributed by atoms with Crippen LogP contribution in [0.5, 0.6) is 5.75 Å². The van der Waals surface area contributed by atoms with Crippen LogP contribution in [0, 0.1) is 5.92 Å². The van der Waals surface area contributed by atoms with Gasteiger partial charge in [-0.3, -0.25) is 4.79 Å². The summed E-state index contributed by atoms with van der Waals surface area (Å²) in [7, 11) is -3.81. The van der Waals surface area contributed by atoms with Crippen LogP contribution in [0.25, 0.3) is 0 Å². The molecule has 124 valence electrons. The summed E-state index contributed by atoms with van der Waals surface area (Å²) in [6.45, 7) is 6.02. The van der Waals surface area contributed by atoms with Crippen molar-refractivity contribution in [3.8, 4) is 5.75 Å². The van der Waals surface area contributed by atoms with Gasteiger partial charge in [0.1, 0.15) is 12.3 Å². The Morgan fingerprint density at radius 1 is 1.27 bits per heavy atom. The van der Waals surface area contributed by atoms with E-state index in [2.05, 4.69) is 0 Å². The van der Waals surface area contributed by atoms with Gasteiger partial charge in [0.2, 0.25) is 10.0 Å².